The van der Waals surface area contributed by atoms with E-state index >= 15 is 0 Å². The van der Waals surface area contributed by atoms with Gasteiger partial charge in [-0.2, -0.15) is 0 Å². The quantitative estimate of drug-likeness (QED) is 0.0268. The van der Waals surface area contributed by atoms with Crippen LogP contribution in [0.1, 0.15) is 265 Å². The van der Waals surface area contributed by atoms with Crippen LogP contribution in [0.25, 0.3) is 0 Å². The number of carbonyl (C=O) groups excluding carboxylic acids is 3. The first-order valence-corrected chi connectivity index (χ1v) is 27.3. The Balaban J connectivity index is 4.49. The van der Waals surface area contributed by atoms with Crippen LogP contribution >= 0.6 is 0 Å². The van der Waals surface area contributed by atoms with E-state index in [4.69, 9.17) is 14.2 Å². The summed E-state index contributed by atoms with van der Waals surface area (Å²) in [6.07, 6.45) is 54.1. The highest BCUT2D eigenvalue weighted by molar-refractivity contribution is 5.71. The maximum Gasteiger partial charge on any atom is 0.306 e. The number of aliphatic hydroxyl groups is 2. The average Bonchev–Trinajstić information content (AvgIpc) is 3.30. The Morgan fingerprint density at radius 3 is 1.12 bits per heavy atom. The predicted molar refractivity (Wildman–Crippen MR) is 273 cm³/mol. The molecular formula is C57H102O8. The highest BCUT2D eigenvalue weighted by Crippen LogP contribution is 2.15. The second-order valence-corrected chi connectivity index (χ2v) is 18.5. The molecule has 0 rings (SSSR count). The normalized spacial score (nSPS) is 13.4. The largest absolute Gasteiger partial charge is 0.462 e. The number of carbonyl (C=O) groups is 3. The van der Waals surface area contributed by atoms with E-state index in [1.807, 2.05) is 0 Å². The molecule has 2 atom stereocenters. The minimum absolute atomic E-state index is 0.119. The van der Waals surface area contributed by atoms with Crippen molar-refractivity contribution in [3.05, 3.63) is 48.6 Å². The van der Waals surface area contributed by atoms with E-state index in [0.717, 1.165) is 161 Å². The van der Waals surface area contributed by atoms with E-state index < -0.39 is 6.10 Å². The van der Waals surface area contributed by atoms with E-state index in [1.54, 1.807) is 0 Å². The average molecular weight is 915 g/mol. The number of aliphatic hydroxyl groups excluding tert-OH is 2. The Kier molecular flexibility index (Phi) is 48.6. The molecule has 378 valence electrons. The van der Waals surface area contributed by atoms with E-state index in [9.17, 15) is 24.6 Å². The molecule has 0 aromatic rings. The van der Waals surface area contributed by atoms with Gasteiger partial charge in [0.05, 0.1) is 12.2 Å². The fourth-order valence-corrected chi connectivity index (χ4v) is 7.67. The van der Waals surface area contributed by atoms with Gasteiger partial charge in [-0.15, -0.1) is 0 Å². The third-order valence-electron chi connectivity index (χ3n) is 11.9. The lowest BCUT2D eigenvalue weighted by Gasteiger charge is -2.18. The van der Waals surface area contributed by atoms with Crippen LogP contribution in [-0.4, -0.2) is 59.6 Å². The molecule has 0 aromatic carbocycles. The lowest BCUT2D eigenvalue weighted by atomic mass is 10.1. The van der Waals surface area contributed by atoms with Gasteiger partial charge in [0.25, 0.3) is 0 Å². The molecule has 0 amide bonds. The lowest BCUT2D eigenvalue weighted by Crippen LogP contribution is -2.30. The Morgan fingerprint density at radius 2 is 0.708 bits per heavy atom. The van der Waals surface area contributed by atoms with Crippen LogP contribution in [0.2, 0.25) is 0 Å². The molecule has 2 N–H and O–H groups in total. The van der Waals surface area contributed by atoms with Gasteiger partial charge in [-0.25, -0.2) is 0 Å². The van der Waals surface area contributed by atoms with Crippen LogP contribution in [0.15, 0.2) is 48.6 Å². The third kappa shape index (κ3) is 49.0. The molecule has 0 fully saturated rings. The molecule has 0 aliphatic carbocycles. The minimum Gasteiger partial charge on any atom is -0.462 e. The molecule has 0 aliphatic heterocycles. The molecule has 65 heavy (non-hydrogen) atoms. The van der Waals surface area contributed by atoms with Gasteiger partial charge in [0.1, 0.15) is 13.2 Å². The summed E-state index contributed by atoms with van der Waals surface area (Å²) in [5.41, 5.74) is 0. The van der Waals surface area contributed by atoms with Crippen LogP contribution in [-0.2, 0) is 28.6 Å². The number of esters is 3. The molecule has 0 heterocycles. The Labute approximate surface area is 400 Å². The van der Waals surface area contributed by atoms with Crippen molar-refractivity contribution in [3.8, 4) is 0 Å². The number of ether oxygens (including phenoxy) is 3. The number of hydrogen-bond donors (Lipinski definition) is 2. The van der Waals surface area contributed by atoms with Gasteiger partial charge in [0, 0.05) is 19.3 Å². The summed E-state index contributed by atoms with van der Waals surface area (Å²) in [5, 5.41) is 20.2. The van der Waals surface area contributed by atoms with Crippen LogP contribution in [0.5, 0.6) is 0 Å². The second-order valence-electron chi connectivity index (χ2n) is 18.5. The zero-order valence-electron chi connectivity index (χ0n) is 42.5. The maximum absolute atomic E-state index is 12.8. The third-order valence-corrected chi connectivity index (χ3v) is 11.9. The van der Waals surface area contributed by atoms with E-state index in [1.165, 1.54) is 64.2 Å². The van der Waals surface area contributed by atoms with Crippen molar-refractivity contribution in [1.82, 2.24) is 0 Å². The number of unbranched alkanes of at least 4 members (excludes halogenated alkanes) is 24. The van der Waals surface area contributed by atoms with Crippen molar-refractivity contribution in [3.63, 3.8) is 0 Å². The molecule has 0 aromatic heterocycles. The predicted octanol–water partition coefficient (Wildman–Crippen LogP) is 15.8. The van der Waals surface area contributed by atoms with E-state index in [0.29, 0.717) is 12.8 Å². The van der Waals surface area contributed by atoms with Gasteiger partial charge in [0.2, 0.25) is 0 Å². The summed E-state index contributed by atoms with van der Waals surface area (Å²) in [5.74, 6) is -1.00. The summed E-state index contributed by atoms with van der Waals surface area (Å²) >= 11 is 0. The molecule has 0 saturated carbocycles. The summed E-state index contributed by atoms with van der Waals surface area (Å²) < 4.78 is 16.8. The highest BCUT2D eigenvalue weighted by Gasteiger charge is 2.19. The molecule has 0 radical (unpaired) electrons. The summed E-state index contributed by atoms with van der Waals surface area (Å²) in [6.45, 7) is 6.39. The fraction of sp³-hybridized carbons (Fsp3) is 0.807. The molecule has 8 nitrogen and oxygen atoms in total. The van der Waals surface area contributed by atoms with Crippen molar-refractivity contribution in [1.29, 1.82) is 0 Å². The van der Waals surface area contributed by atoms with Crippen LogP contribution in [0, 0.1) is 0 Å². The van der Waals surface area contributed by atoms with Gasteiger partial charge < -0.3 is 24.4 Å². The zero-order chi connectivity index (χ0) is 47.5. The standard InChI is InChI=1S/C57H102O8/c1-4-7-10-13-14-15-16-17-18-19-20-21-30-35-42-49-57(62)65-54(50-63-55(60)47-40-33-28-24-22-26-31-38-45-52(58)43-36-11-8-5-2)51-64-56(61)48-41-34-29-25-23-27-32-39-46-53(59)44-37-12-9-6-3/h14-15,17-18,31-32,38-39,52-54,58-59H,4-13,16,19-30,33-37,40-51H2,1-3H3. The van der Waals surface area contributed by atoms with Gasteiger partial charge in [-0.3, -0.25) is 14.4 Å². The van der Waals surface area contributed by atoms with Gasteiger partial charge >= 0.3 is 17.9 Å². The molecule has 0 aliphatic rings. The van der Waals surface area contributed by atoms with Crippen LogP contribution < -0.4 is 0 Å². The van der Waals surface area contributed by atoms with Gasteiger partial charge in [-0.1, -0.05) is 191 Å². The molecule has 2 unspecified atom stereocenters. The highest BCUT2D eigenvalue weighted by atomic mass is 16.6. The maximum atomic E-state index is 12.8. The first kappa shape index (κ1) is 62.3. The number of allylic oxidation sites excluding steroid dienone is 6. The van der Waals surface area contributed by atoms with Crippen LogP contribution in [0.3, 0.4) is 0 Å². The fourth-order valence-electron chi connectivity index (χ4n) is 7.67. The van der Waals surface area contributed by atoms with E-state index in [2.05, 4.69) is 69.4 Å². The first-order chi connectivity index (χ1) is 31.8. The second kappa shape index (κ2) is 50.7. The first-order valence-electron chi connectivity index (χ1n) is 27.3. The summed E-state index contributed by atoms with van der Waals surface area (Å²) in [4.78, 5) is 38.1. The Hall–Kier alpha value is -2.71. The molecular weight excluding hydrogens is 813 g/mol. The Bertz CT molecular complexity index is 1120. The lowest BCUT2D eigenvalue weighted by molar-refractivity contribution is -0.167. The van der Waals surface area contributed by atoms with Crippen molar-refractivity contribution < 1.29 is 38.8 Å². The van der Waals surface area contributed by atoms with Crippen molar-refractivity contribution in [2.75, 3.05) is 13.2 Å². The molecule has 8 heteroatoms. The van der Waals surface area contributed by atoms with Crippen molar-refractivity contribution >= 4 is 17.9 Å². The molecule has 0 spiro atoms. The topological polar surface area (TPSA) is 119 Å². The summed E-state index contributed by atoms with van der Waals surface area (Å²) in [7, 11) is 0. The van der Waals surface area contributed by atoms with Gasteiger partial charge in [-0.05, 0) is 103 Å². The smallest absolute Gasteiger partial charge is 0.306 e. The van der Waals surface area contributed by atoms with E-state index in [-0.39, 0.29) is 49.8 Å². The summed E-state index contributed by atoms with van der Waals surface area (Å²) in [6, 6.07) is 0. The van der Waals surface area contributed by atoms with Crippen LogP contribution in [0.4, 0.5) is 0 Å². The monoisotopic (exact) mass is 915 g/mol. The zero-order valence-corrected chi connectivity index (χ0v) is 42.5. The van der Waals surface area contributed by atoms with Crippen molar-refractivity contribution in [2.24, 2.45) is 0 Å². The number of hydrogen-bond acceptors (Lipinski definition) is 8. The number of rotatable bonds is 49. The SMILES string of the molecule is CCCCCC=CCC=CCCCCCCCC(=O)OC(COC(=O)CCCCCCCC=CCC(O)CCCCCC)COC(=O)CCCCCCCC=CCC(O)CCCCCC. The van der Waals surface area contributed by atoms with Crippen molar-refractivity contribution in [2.45, 2.75) is 283 Å². The molecule has 0 saturated heterocycles. The van der Waals surface area contributed by atoms with Gasteiger partial charge in [0.15, 0.2) is 6.10 Å². The minimum atomic E-state index is -0.821. The Morgan fingerprint density at radius 1 is 0.385 bits per heavy atom. The molecule has 0 bridgehead atoms.